The minimum absolute atomic E-state index is 0.754. The summed E-state index contributed by atoms with van der Waals surface area (Å²) in [5, 5.41) is 9.57. The highest BCUT2D eigenvalue weighted by Crippen LogP contribution is 2.18. The van der Waals surface area contributed by atoms with Gasteiger partial charge in [0, 0.05) is 18.8 Å². The maximum atomic E-state index is 4.21. The Kier molecular flexibility index (Phi) is 2.44. The van der Waals surface area contributed by atoms with Gasteiger partial charge in [-0.2, -0.15) is 0 Å². The summed E-state index contributed by atoms with van der Waals surface area (Å²) in [6.07, 6.45) is 2.11. The monoisotopic (exact) mass is 240 g/mol. The van der Waals surface area contributed by atoms with E-state index in [1.54, 1.807) is 0 Å². The van der Waals surface area contributed by atoms with Crippen molar-refractivity contribution < 1.29 is 0 Å². The van der Waals surface area contributed by atoms with Crippen molar-refractivity contribution in [2.45, 2.75) is 20.4 Å². The molecular formula is C14H16N4. The topological polar surface area (TPSA) is 35.6 Å². The van der Waals surface area contributed by atoms with E-state index in [0.717, 1.165) is 18.2 Å². The molecule has 0 fully saturated rings. The number of aryl methyl sites for hydroxylation is 2. The fraction of sp³-hybridized carbons (Fsp3) is 0.286. The summed E-state index contributed by atoms with van der Waals surface area (Å²) >= 11 is 0. The number of hydrogen-bond donors (Lipinski definition) is 0. The zero-order valence-corrected chi connectivity index (χ0v) is 10.9. The molecule has 0 amide bonds. The second-order valence-electron chi connectivity index (χ2n) is 4.73. The molecule has 0 aliphatic rings. The molecule has 4 heteroatoms. The first-order valence-corrected chi connectivity index (χ1v) is 6.05. The quantitative estimate of drug-likeness (QED) is 0.689. The van der Waals surface area contributed by atoms with Gasteiger partial charge in [-0.3, -0.25) is 0 Å². The van der Waals surface area contributed by atoms with Gasteiger partial charge in [-0.05, 0) is 36.9 Å². The van der Waals surface area contributed by atoms with Gasteiger partial charge in [0.05, 0.1) is 6.54 Å². The average Bonchev–Trinajstić information content (AvgIpc) is 2.88. The molecule has 0 saturated carbocycles. The molecule has 0 aliphatic heterocycles. The first-order valence-electron chi connectivity index (χ1n) is 6.05. The highest BCUT2D eigenvalue weighted by Gasteiger charge is 2.07. The van der Waals surface area contributed by atoms with Crippen molar-refractivity contribution in [3.8, 4) is 0 Å². The Hall–Kier alpha value is -2.10. The molecule has 4 nitrogen and oxygen atoms in total. The predicted molar refractivity (Wildman–Crippen MR) is 71.5 cm³/mol. The van der Waals surface area contributed by atoms with E-state index >= 15 is 0 Å². The average molecular weight is 240 g/mol. The van der Waals surface area contributed by atoms with Crippen LogP contribution in [0.5, 0.6) is 0 Å². The second-order valence-corrected chi connectivity index (χ2v) is 4.73. The molecular weight excluding hydrogens is 224 g/mol. The Morgan fingerprint density at radius 2 is 1.94 bits per heavy atom. The van der Waals surface area contributed by atoms with Gasteiger partial charge in [-0.1, -0.05) is 12.1 Å². The standard InChI is InChI=1S/C14H16N4/c1-10-4-5-12-6-7-18(13(12)8-10)9-14-16-15-11(2)17(14)3/h4-8H,9H2,1-3H3. The van der Waals surface area contributed by atoms with Crippen molar-refractivity contribution in [1.82, 2.24) is 19.3 Å². The molecule has 18 heavy (non-hydrogen) atoms. The molecule has 0 saturated heterocycles. The van der Waals surface area contributed by atoms with Crippen LogP contribution in [0.1, 0.15) is 17.2 Å². The second kappa shape index (κ2) is 3.98. The van der Waals surface area contributed by atoms with Gasteiger partial charge in [0.25, 0.3) is 0 Å². The van der Waals surface area contributed by atoms with Crippen LogP contribution in [0.3, 0.4) is 0 Å². The highest BCUT2D eigenvalue weighted by molar-refractivity contribution is 5.80. The lowest BCUT2D eigenvalue weighted by Crippen LogP contribution is -2.05. The highest BCUT2D eigenvalue weighted by atomic mass is 15.3. The SMILES string of the molecule is Cc1ccc2ccn(Cc3nnc(C)n3C)c2c1. The number of aromatic nitrogens is 4. The van der Waals surface area contributed by atoms with E-state index < -0.39 is 0 Å². The fourth-order valence-corrected chi connectivity index (χ4v) is 2.17. The fourth-order valence-electron chi connectivity index (χ4n) is 2.17. The third kappa shape index (κ3) is 1.70. The molecule has 3 rings (SSSR count). The van der Waals surface area contributed by atoms with Crippen LogP contribution in [-0.4, -0.2) is 19.3 Å². The summed E-state index contributed by atoms with van der Waals surface area (Å²) in [7, 11) is 2.00. The molecule has 2 heterocycles. The van der Waals surface area contributed by atoms with Gasteiger partial charge in [0.15, 0.2) is 5.82 Å². The Labute approximate surface area is 106 Å². The van der Waals surface area contributed by atoms with E-state index in [0.29, 0.717) is 0 Å². The number of fused-ring (bicyclic) bond motifs is 1. The third-order valence-corrected chi connectivity index (χ3v) is 3.42. The van der Waals surface area contributed by atoms with Gasteiger partial charge >= 0.3 is 0 Å². The minimum Gasteiger partial charge on any atom is -0.340 e. The van der Waals surface area contributed by atoms with Gasteiger partial charge in [0.2, 0.25) is 0 Å². The Balaban J connectivity index is 2.05. The van der Waals surface area contributed by atoms with Crippen LogP contribution in [0.4, 0.5) is 0 Å². The zero-order chi connectivity index (χ0) is 12.7. The van der Waals surface area contributed by atoms with Gasteiger partial charge < -0.3 is 9.13 Å². The predicted octanol–water partition coefficient (Wildman–Crippen LogP) is 2.43. The van der Waals surface area contributed by atoms with Crippen LogP contribution in [0.2, 0.25) is 0 Å². The van der Waals surface area contributed by atoms with Crippen molar-refractivity contribution in [2.75, 3.05) is 0 Å². The smallest absolute Gasteiger partial charge is 0.152 e. The Morgan fingerprint density at radius 1 is 1.11 bits per heavy atom. The van der Waals surface area contributed by atoms with Crippen LogP contribution >= 0.6 is 0 Å². The summed E-state index contributed by atoms with van der Waals surface area (Å²) in [5.74, 6) is 1.92. The van der Waals surface area contributed by atoms with E-state index in [-0.39, 0.29) is 0 Å². The molecule has 0 aliphatic carbocycles. The molecule has 0 unspecified atom stereocenters. The molecule has 0 bridgehead atoms. The van der Waals surface area contributed by atoms with E-state index in [1.807, 2.05) is 18.5 Å². The first-order chi connectivity index (χ1) is 8.65. The normalized spacial score (nSPS) is 11.3. The lowest BCUT2D eigenvalue weighted by Gasteiger charge is -2.06. The maximum Gasteiger partial charge on any atom is 0.152 e. The summed E-state index contributed by atoms with van der Waals surface area (Å²) in [6, 6.07) is 8.64. The van der Waals surface area contributed by atoms with Crippen LogP contribution in [0, 0.1) is 13.8 Å². The van der Waals surface area contributed by atoms with Crippen molar-refractivity contribution >= 4 is 10.9 Å². The first kappa shape index (κ1) is 11.0. The van der Waals surface area contributed by atoms with E-state index in [1.165, 1.54) is 16.5 Å². The molecule has 2 aromatic heterocycles. The number of hydrogen-bond acceptors (Lipinski definition) is 2. The molecule has 0 radical (unpaired) electrons. The third-order valence-electron chi connectivity index (χ3n) is 3.42. The van der Waals surface area contributed by atoms with E-state index in [2.05, 4.69) is 52.2 Å². The van der Waals surface area contributed by atoms with Gasteiger partial charge in [0.1, 0.15) is 5.82 Å². The summed E-state index contributed by atoms with van der Waals surface area (Å²) in [4.78, 5) is 0. The largest absolute Gasteiger partial charge is 0.340 e. The lowest BCUT2D eigenvalue weighted by molar-refractivity contribution is 0.708. The van der Waals surface area contributed by atoms with E-state index in [9.17, 15) is 0 Å². The molecule has 0 spiro atoms. The molecule has 92 valence electrons. The Morgan fingerprint density at radius 3 is 2.67 bits per heavy atom. The van der Waals surface area contributed by atoms with Gasteiger partial charge in [-0.15, -0.1) is 10.2 Å². The molecule has 3 aromatic rings. The summed E-state index contributed by atoms with van der Waals surface area (Å²) in [5.41, 5.74) is 2.52. The van der Waals surface area contributed by atoms with E-state index in [4.69, 9.17) is 0 Å². The van der Waals surface area contributed by atoms with Gasteiger partial charge in [-0.25, -0.2) is 0 Å². The minimum atomic E-state index is 0.754. The molecule has 0 atom stereocenters. The van der Waals surface area contributed by atoms with Crippen molar-refractivity contribution in [2.24, 2.45) is 7.05 Å². The molecule has 1 aromatic carbocycles. The van der Waals surface area contributed by atoms with Crippen LogP contribution in [0.25, 0.3) is 10.9 Å². The number of rotatable bonds is 2. The van der Waals surface area contributed by atoms with Crippen molar-refractivity contribution in [1.29, 1.82) is 0 Å². The zero-order valence-electron chi connectivity index (χ0n) is 10.9. The summed E-state index contributed by atoms with van der Waals surface area (Å²) < 4.78 is 4.24. The number of benzene rings is 1. The maximum absolute atomic E-state index is 4.21. The summed E-state index contributed by atoms with van der Waals surface area (Å²) in [6.45, 7) is 4.84. The number of nitrogens with zero attached hydrogens (tertiary/aromatic N) is 4. The van der Waals surface area contributed by atoms with Crippen LogP contribution < -0.4 is 0 Å². The Bertz CT molecular complexity index is 706. The van der Waals surface area contributed by atoms with Crippen molar-refractivity contribution in [3.63, 3.8) is 0 Å². The lowest BCUT2D eigenvalue weighted by atomic mass is 10.2. The van der Waals surface area contributed by atoms with Crippen molar-refractivity contribution in [3.05, 3.63) is 47.7 Å². The molecule has 0 N–H and O–H groups in total. The van der Waals surface area contributed by atoms with Crippen LogP contribution in [-0.2, 0) is 13.6 Å². The van der Waals surface area contributed by atoms with Crippen LogP contribution in [0.15, 0.2) is 30.5 Å².